The van der Waals surface area contributed by atoms with E-state index in [1.165, 1.54) is 12.1 Å². The van der Waals surface area contributed by atoms with E-state index in [0.29, 0.717) is 29.7 Å². The van der Waals surface area contributed by atoms with Crippen LogP contribution in [0.5, 0.6) is 0 Å². The van der Waals surface area contributed by atoms with E-state index in [9.17, 15) is 14.0 Å². The molecular weight excluding hydrogens is 321 g/mol. The molecule has 0 radical (unpaired) electrons. The zero-order valence-electron chi connectivity index (χ0n) is 13.1. The van der Waals surface area contributed by atoms with Gasteiger partial charge in [-0.2, -0.15) is 5.10 Å². The topological polar surface area (TPSA) is 78.0 Å². The van der Waals surface area contributed by atoms with Gasteiger partial charge in [-0.05, 0) is 29.8 Å². The lowest BCUT2D eigenvalue weighted by Gasteiger charge is -2.08. The molecule has 0 saturated carbocycles. The zero-order chi connectivity index (χ0) is 17.6. The number of nitrogens with zero attached hydrogens (tertiary/aromatic N) is 2. The highest BCUT2D eigenvalue weighted by Crippen LogP contribution is 2.41. The van der Waals surface area contributed by atoms with Gasteiger partial charge in [-0.3, -0.25) is 4.79 Å². The number of para-hydroxylation sites is 1. The van der Waals surface area contributed by atoms with Crippen molar-refractivity contribution in [1.82, 2.24) is 9.78 Å². The molecule has 0 bridgehead atoms. The number of carbonyl (C=O) groups excluding carboxylic acids is 2. The van der Waals surface area contributed by atoms with Crippen LogP contribution < -0.4 is 5.73 Å². The van der Waals surface area contributed by atoms with E-state index in [2.05, 4.69) is 5.10 Å². The maximum atomic E-state index is 13.8. The van der Waals surface area contributed by atoms with Crippen LogP contribution in [0.15, 0.2) is 48.5 Å². The van der Waals surface area contributed by atoms with Crippen molar-refractivity contribution < 1.29 is 14.0 Å². The summed E-state index contributed by atoms with van der Waals surface area (Å²) in [5, 5.41) is 4.49. The minimum atomic E-state index is -1.13. The molecule has 0 spiro atoms. The molecule has 0 fully saturated rings. The molecule has 1 aliphatic carbocycles. The largest absolute Gasteiger partial charge is 0.369 e. The number of nitrogens with two attached hydrogens (primary N) is 1. The summed E-state index contributed by atoms with van der Waals surface area (Å²) in [6.07, 6.45) is 0.981. The first-order chi connectivity index (χ1) is 12.1. The van der Waals surface area contributed by atoms with Crippen molar-refractivity contribution in [1.29, 1.82) is 0 Å². The lowest BCUT2D eigenvalue weighted by Crippen LogP contribution is -2.23. The van der Waals surface area contributed by atoms with Gasteiger partial charge in [-0.1, -0.05) is 24.3 Å². The van der Waals surface area contributed by atoms with E-state index in [1.807, 2.05) is 30.3 Å². The van der Waals surface area contributed by atoms with Crippen molar-refractivity contribution in [2.24, 2.45) is 5.73 Å². The summed E-state index contributed by atoms with van der Waals surface area (Å²) in [5.74, 6) is -2.23. The number of aromatic nitrogens is 2. The third kappa shape index (κ3) is 2.34. The predicted molar refractivity (Wildman–Crippen MR) is 89.8 cm³/mol. The Labute approximate surface area is 142 Å². The molecule has 25 heavy (non-hydrogen) atoms. The molecule has 1 aromatic heterocycles. The van der Waals surface area contributed by atoms with Gasteiger partial charge in [0.05, 0.1) is 17.1 Å². The zero-order valence-corrected chi connectivity index (χ0v) is 13.1. The Morgan fingerprint density at radius 1 is 1.24 bits per heavy atom. The first-order valence-corrected chi connectivity index (χ1v) is 7.80. The summed E-state index contributed by atoms with van der Waals surface area (Å²) in [7, 11) is 0. The summed E-state index contributed by atoms with van der Waals surface area (Å²) in [6, 6.07) is 13.9. The summed E-state index contributed by atoms with van der Waals surface area (Å²) in [6.45, 7) is 0. The van der Waals surface area contributed by atoms with E-state index in [1.54, 1.807) is 10.7 Å². The van der Waals surface area contributed by atoms with Crippen LogP contribution in [0, 0.1) is 5.82 Å². The average molecular weight is 335 g/mol. The van der Waals surface area contributed by atoms with E-state index in [-0.39, 0.29) is 5.82 Å². The van der Waals surface area contributed by atoms with Crippen LogP contribution in [-0.4, -0.2) is 22.0 Å². The van der Waals surface area contributed by atoms with Crippen molar-refractivity contribution >= 4 is 12.2 Å². The fraction of sp³-hybridized carbons (Fsp3) is 0.105. The van der Waals surface area contributed by atoms with Crippen molar-refractivity contribution in [2.75, 3.05) is 0 Å². The number of benzene rings is 2. The van der Waals surface area contributed by atoms with Gasteiger partial charge >= 0.3 is 0 Å². The minimum absolute atomic E-state index is 0.331. The first-order valence-electron chi connectivity index (χ1n) is 7.80. The van der Waals surface area contributed by atoms with Crippen molar-refractivity contribution in [2.45, 2.75) is 12.3 Å². The lowest BCUT2D eigenvalue weighted by atomic mass is 10.0. The van der Waals surface area contributed by atoms with Crippen LogP contribution >= 0.6 is 0 Å². The Kier molecular flexibility index (Phi) is 3.46. The quantitative estimate of drug-likeness (QED) is 0.459. The maximum absolute atomic E-state index is 13.8. The Bertz CT molecular complexity index is 995. The van der Waals surface area contributed by atoms with E-state index in [0.717, 1.165) is 16.8 Å². The highest BCUT2D eigenvalue weighted by atomic mass is 19.1. The maximum Gasteiger partial charge on any atom is 0.233 e. The molecule has 0 aliphatic heterocycles. The van der Waals surface area contributed by atoms with Gasteiger partial charge in [0.25, 0.3) is 0 Å². The second kappa shape index (κ2) is 5.66. The fourth-order valence-corrected chi connectivity index (χ4v) is 3.30. The number of halogens is 1. The summed E-state index contributed by atoms with van der Waals surface area (Å²) in [5.41, 5.74) is 9.54. The molecule has 1 amide bonds. The van der Waals surface area contributed by atoms with Crippen molar-refractivity contribution in [3.63, 3.8) is 0 Å². The molecule has 1 aliphatic rings. The van der Waals surface area contributed by atoms with Crippen LogP contribution in [0.4, 0.5) is 4.39 Å². The number of hydrogen-bond donors (Lipinski definition) is 1. The Morgan fingerprint density at radius 2 is 2.00 bits per heavy atom. The Morgan fingerprint density at radius 3 is 2.68 bits per heavy atom. The smallest absolute Gasteiger partial charge is 0.233 e. The predicted octanol–water partition coefficient (Wildman–Crippen LogP) is 2.35. The summed E-state index contributed by atoms with van der Waals surface area (Å²) < 4.78 is 15.4. The molecule has 4 rings (SSSR count). The number of rotatable bonds is 4. The standard InChI is InChI=1S/C19H14FN3O2/c20-12-7-6-11-8-15-17(16(10-24)19(21)25)22-23(18(15)14(11)9-12)13-4-2-1-3-5-13/h1-7,9-10,16H,8H2,(H2,21,25). The van der Waals surface area contributed by atoms with Crippen molar-refractivity contribution in [3.05, 3.63) is 71.2 Å². The lowest BCUT2D eigenvalue weighted by molar-refractivity contribution is -0.123. The fourth-order valence-electron chi connectivity index (χ4n) is 3.30. The molecule has 1 atom stereocenters. The van der Waals surface area contributed by atoms with Crippen LogP contribution in [-0.2, 0) is 16.0 Å². The summed E-state index contributed by atoms with van der Waals surface area (Å²) >= 11 is 0. The molecule has 5 nitrogen and oxygen atoms in total. The Balaban J connectivity index is 2.01. The molecule has 2 aromatic carbocycles. The molecule has 0 saturated heterocycles. The van der Waals surface area contributed by atoms with Crippen LogP contribution in [0.3, 0.4) is 0 Å². The van der Waals surface area contributed by atoms with E-state index in [4.69, 9.17) is 5.73 Å². The number of carbonyl (C=O) groups is 2. The number of aldehydes is 1. The second-order valence-corrected chi connectivity index (χ2v) is 5.95. The van der Waals surface area contributed by atoms with Gasteiger partial charge in [0.15, 0.2) is 0 Å². The molecule has 3 aromatic rings. The molecule has 6 heteroatoms. The molecule has 124 valence electrons. The Hall–Kier alpha value is -3.28. The number of primary amides is 1. The third-order valence-electron chi connectivity index (χ3n) is 4.45. The molecule has 1 heterocycles. The van der Waals surface area contributed by atoms with Gasteiger partial charge in [-0.15, -0.1) is 0 Å². The number of amides is 1. The summed E-state index contributed by atoms with van der Waals surface area (Å²) in [4.78, 5) is 23.1. The van der Waals surface area contributed by atoms with Crippen LogP contribution in [0.25, 0.3) is 16.9 Å². The van der Waals surface area contributed by atoms with E-state index >= 15 is 0 Å². The molecule has 1 unspecified atom stereocenters. The van der Waals surface area contributed by atoms with Crippen LogP contribution in [0.1, 0.15) is 22.7 Å². The highest BCUT2D eigenvalue weighted by Gasteiger charge is 2.33. The van der Waals surface area contributed by atoms with Crippen molar-refractivity contribution in [3.8, 4) is 16.9 Å². The number of hydrogen-bond acceptors (Lipinski definition) is 3. The van der Waals surface area contributed by atoms with E-state index < -0.39 is 11.8 Å². The first kappa shape index (κ1) is 15.3. The van der Waals surface area contributed by atoms with Gasteiger partial charge in [0, 0.05) is 17.5 Å². The molecular formula is C19H14FN3O2. The van der Waals surface area contributed by atoms with Gasteiger partial charge in [0.1, 0.15) is 18.0 Å². The normalized spacial score (nSPS) is 13.2. The minimum Gasteiger partial charge on any atom is -0.369 e. The third-order valence-corrected chi connectivity index (χ3v) is 4.45. The van der Waals surface area contributed by atoms with Gasteiger partial charge in [0.2, 0.25) is 5.91 Å². The highest BCUT2D eigenvalue weighted by molar-refractivity contribution is 5.97. The monoisotopic (exact) mass is 335 g/mol. The molecule has 2 N–H and O–H groups in total. The SMILES string of the molecule is NC(=O)C(C=O)c1nn(-c2ccccc2)c2c1Cc1ccc(F)cc1-2. The number of fused-ring (bicyclic) bond motifs is 3. The van der Waals surface area contributed by atoms with Crippen LogP contribution in [0.2, 0.25) is 0 Å². The average Bonchev–Trinajstić information content (AvgIpc) is 3.14. The van der Waals surface area contributed by atoms with Gasteiger partial charge in [-0.25, -0.2) is 9.07 Å². The van der Waals surface area contributed by atoms with Gasteiger partial charge < -0.3 is 10.5 Å². The second-order valence-electron chi connectivity index (χ2n) is 5.95.